The number of carbonyl (C=O) groups is 1. The second-order valence-corrected chi connectivity index (χ2v) is 8.59. The van der Waals surface area contributed by atoms with Crippen molar-refractivity contribution in [2.75, 3.05) is 13.1 Å². The number of benzene rings is 1. The molecule has 6 heteroatoms. The molecule has 0 saturated carbocycles. The lowest BCUT2D eigenvalue weighted by Gasteiger charge is -2.25. The summed E-state index contributed by atoms with van der Waals surface area (Å²) in [5, 5.41) is 11.4. The Kier molecular flexibility index (Phi) is 4.76. The number of aromatic nitrogens is 3. The molecule has 1 aromatic carbocycles. The van der Waals surface area contributed by atoms with Crippen LogP contribution >= 0.6 is 0 Å². The van der Waals surface area contributed by atoms with E-state index in [1.165, 1.54) is 16.7 Å². The number of nitrogens with one attached hydrogen (secondary N) is 1. The Labute approximate surface area is 161 Å². The Morgan fingerprint density at radius 3 is 2.52 bits per heavy atom. The van der Waals surface area contributed by atoms with Crippen molar-refractivity contribution < 1.29 is 4.79 Å². The van der Waals surface area contributed by atoms with Crippen LogP contribution < -0.4 is 5.32 Å². The van der Waals surface area contributed by atoms with Crippen LogP contribution in [0.3, 0.4) is 0 Å². The Morgan fingerprint density at radius 1 is 1.11 bits per heavy atom. The molecule has 2 aliphatic rings. The van der Waals surface area contributed by atoms with Crippen LogP contribution in [-0.4, -0.2) is 44.7 Å². The molecule has 1 fully saturated rings. The summed E-state index contributed by atoms with van der Waals surface area (Å²) in [6.45, 7) is 12.3. The third-order valence-electron chi connectivity index (χ3n) is 5.65. The molecule has 27 heavy (non-hydrogen) atoms. The third-order valence-corrected chi connectivity index (χ3v) is 5.65. The second kappa shape index (κ2) is 7.08. The van der Waals surface area contributed by atoms with Crippen molar-refractivity contribution in [1.29, 1.82) is 0 Å². The molecule has 0 bridgehead atoms. The van der Waals surface area contributed by atoms with Gasteiger partial charge in [-0.3, -0.25) is 9.69 Å². The summed E-state index contributed by atoms with van der Waals surface area (Å²) in [5.41, 5.74) is 4.05. The fourth-order valence-electron chi connectivity index (χ4n) is 4.66. The van der Waals surface area contributed by atoms with E-state index in [1.54, 1.807) is 0 Å². The van der Waals surface area contributed by atoms with Crippen LogP contribution in [0.2, 0.25) is 0 Å². The molecule has 0 aliphatic carbocycles. The molecular weight excluding hydrogens is 338 g/mol. The maximum atomic E-state index is 12.4. The molecule has 6 nitrogen and oxygen atoms in total. The smallest absolute Gasteiger partial charge is 0.289 e. The van der Waals surface area contributed by atoms with Crippen LogP contribution in [0.4, 0.5) is 0 Å². The highest BCUT2D eigenvalue weighted by Gasteiger charge is 2.39. The number of rotatable bonds is 4. The predicted molar refractivity (Wildman–Crippen MR) is 105 cm³/mol. The first kappa shape index (κ1) is 18.2. The number of aryl methyl sites for hydroxylation is 2. The van der Waals surface area contributed by atoms with Crippen LogP contribution in [0.25, 0.3) is 0 Å². The van der Waals surface area contributed by atoms with E-state index < -0.39 is 0 Å². The van der Waals surface area contributed by atoms with Gasteiger partial charge < -0.3 is 9.88 Å². The van der Waals surface area contributed by atoms with Gasteiger partial charge in [-0.1, -0.05) is 29.3 Å². The minimum absolute atomic E-state index is 0.0987. The lowest BCUT2D eigenvalue weighted by atomic mass is 9.89. The Bertz CT molecular complexity index is 836. The number of carbonyl (C=O) groups excluding carboxylic acids is 1. The van der Waals surface area contributed by atoms with Crippen LogP contribution in [0, 0.1) is 25.7 Å². The summed E-state index contributed by atoms with van der Waals surface area (Å²) in [5.74, 6) is 2.47. The van der Waals surface area contributed by atoms with Crippen molar-refractivity contribution in [1.82, 2.24) is 25.0 Å². The first-order valence-corrected chi connectivity index (χ1v) is 9.91. The molecule has 1 amide bonds. The van der Waals surface area contributed by atoms with E-state index in [4.69, 9.17) is 0 Å². The quantitative estimate of drug-likeness (QED) is 0.901. The van der Waals surface area contributed by atoms with Crippen molar-refractivity contribution in [3.05, 3.63) is 46.5 Å². The zero-order valence-corrected chi connectivity index (χ0v) is 16.7. The van der Waals surface area contributed by atoms with Crippen molar-refractivity contribution >= 4 is 5.91 Å². The lowest BCUT2D eigenvalue weighted by molar-refractivity contribution is 0.0924. The lowest BCUT2D eigenvalue weighted by Crippen LogP contribution is -2.35. The van der Waals surface area contributed by atoms with E-state index in [-0.39, 0.29) is 11.9 Å². The normalized spacial score (nSPS) is 22.0. The van der Waals surface area contributed by atoms with Gasteiger partial charge in [-0.25, -0.2) is 0 Å². The zero-order chi connectivity index (χ0) is 19.1. The fraction of sp³-hybridized carbons (Fsp3) is 0.571. The summed E-state index contributed by atoms with van der Waals surface area (Å²) in [4.78, 5) is 15.0. The molecule has 3 heterocycles. The van der Waals surface area contributed by atoms with E-state index >= 15 is 0 Å². The zero-order valence-electron chi connectivity index (χ0n) is 16.7. The fourth-order valence-corrected chi connectivity index (χ4v) is 4.66. The molecule has 0 spiro atoms. The number of hydrogen-bond acceptors (Lipinski definition) is 4. The average Bonchev–Trinajstić information content (AvgIpc) is 3.13. The summed E-state index contributed by atoms with van der Waals surface area (Å²) >= 11 is 0. The maximum absolute atomic E-state index is 12.4. The Hall–Kier alpha value is -2.21. The van der Waals surface area contributed by atoms with Crippen LogP contribution in [-0.2, 0) is 19.5 Å². The van der Waals surface area contributed by atoms with Gasteiger partial charge in [0.15, 0.2) is 0 Å². The molecule has 2 aliphatic heterocycles. The molecule has 1 aromatic heterocycles. The molecule has 2 atom stereocenters. The number of fused-ring (bicyclic) bond motifs is 2. The van der Waals surface area contributed by atoms with E-state index in [2.05, 4.69) is 52.5 Å². The number of amides is 1. The average molecular weight is 367 g/mol. The molecule has 0 unspecified atom stereocenters. The van der Waals surface area contributed by atoms with Gasteiger partial charge in [-0.2, -0.15) is 0 Å². The van der Waals surface area contributed by atoms with Crippen molar-refractivity contribution in [2.24, 2.45) is 11.8 Å². The second-order valence-electron chi connectivity index (χ2n) is 8.59. The highest BCUT2D eigenvalue weighted by atomic mass is 16.2. The van der Waals surface area contributed by atoms with Gasteiger partial charge in [-0.05, 0) is 45.1 Å². The van der Waals surface area contributed by atoms with E-state index in [9.17, 15) is 4.79 Å². The summed E-state index contributed by atoms with van der Waals surface area (Å²) in [7, 11) is 0. The predicted octanol–water partition coefficient (Wildman–Crippen LogP) is 2.34. The minimum atomic E-state index is -0.118. The largest absolute Gasteiger partial charge is 0.347 e. The monoisotopic (exact) mass is 367 g/mol. The van der Waals surface area contributed by atoms with Gasteiger partial charge in [0.25, 0.3) is 5.91 Å². The molecule has 1 N–H and O–H groups in total. The molecule has 1 saturated heterocycles. The van der Waals surface area contributed by atoms with Gasteiger partial charge in [0.05, 0.1) is 0 Å². The van der Waals surface area contributed by atoms with Gasteiger partial charge in [0.1, 0.15) is 5.82 Å². The Balaban J connectivity index is 1.45. The highest BCUT2D eigenvalue weighted by molar-refractivity contribution is 5.90. The molecule has 4 rings (SSSR count). The number of nitrogens with zero attached hydrogens (tertiary/aromatic N) is 4. The SMILES string of the molecule is Cc1cc(C)cc(CN2C[C@H]3Cc4nnc(C(=O)NC(C)C)n4C[C@@H]3C2)c1. The van der Waals surface area contributed by atoms with Crippen molar-refractivity contribution in [3.63, 3.8) is 0 Å². The van der Waals surface area contributed by atoms with Crippen LogP contribution in [0.15, 0.2) is 18.2 Å². The van der Waals surface area contributed by atoms with Crippen LogP contribution in [0.1, 0.15) is 47.0 Å². The van der Waals surface area contributed by atoms with Gasteiger partial charge in [0, 0.05) is 38.6 Å². The van der Waals surface area contributed by atoms with Gasteiger partial charge in [-0.15, -0.1) is 10.2 Å². The first-order valence-electron chi connectivity index (χ1n) is 9.91. The number of hydrogen-bond donors (Lipinski definition) is 1. The van der Waals surface area contributed by atoms with E-state index in [0.717, 1.165) is 38.4 Å². The van der Waals surface area contributed by atoms with E-state index in [0.29, 0.717) is 17.7 Å². The number of likely N-dealkylation sites (tertiary alicyclic amines) is 1. The van der Waals surface area contributed by atoms with Crippen LogP contribution in [0.5, 0.6) is 0 Å². The summed E-state index contributed by atoms with van der Waals surface area (Å²) < 4.78 is 2.04. The third kappa shape index (κ3) is 3.76. The molecule has 2 aromatic rings. The molecule has 0 radical (unpaired) electrons. The Morgan fingerprint density at radius 2 is 1.81 bits per heavy atom. The minimum Gasteiger partial charge on any atom is -0.347 e. The van der Waals surface area contributed by atoms with Crippen molar-refractivity contribution in [3.8, 4) is 0 Å². The van der Waals surface area contributed by atoms with Gasteiger partial charge in [0.2, 0.25) is 5.82 Å². The first-order chi connectivity index (χ1) is 12.9. The standard InChI is InChI=1S/C21H29N5O/c1-13(2)22-21(27)20-24-23-19-8-17-10-25(11-18(17)12-26(19)20)9-16-6-14(3)5-15(4)7-16/h5-7,13,17-18H,8-12H2,1-4H3,(H,22,27)/t17-,18+/m1/s1. The molecular formula is C21H29N5O. The summed E-state index contributed by atoms with van der Waals surface area (Å²) in [6, 6.07) is 6.90. The van der Waals surface area contributed by atoms with E-state index in [1.807, 2.05) is 18.4 Å². The van der Waals surface area contributed by atoms with Crippen molar-refractivity contribution in [2.45, 2.75) is 53.2 Å². The maximum Gasteiger partial charge on any atom is 0.289 e. The summed E-state index contributed by atoms with van der Waals surface area (Å²) in [6.07, 6.45) is 0.913. The molecule has 144 valence electrons. The van der Waals surface area contributed by atoms with Gasteiger partial charge >= 0.3 is 0 Å². The highest BCUT2D eigenvalue weighted by Crippen LogP contribution is 2.33. The topological polar surface area (TPSA) is 63.1 Å².